The van der Waals surface area contributed by atoms with E-state index in [0.29, 0.717) is 0 Å². The van der Waals surface area contributed by atoms with Crippen LogP contribution in [0.2, 0.25) is 5.02 Å². The van der Waals surface area contributed by atoms with E-state index in [9.17, 15) is 22.4 Å². The molecular weight excluding hydrogens is 260 g/mol. The SMILES string of the molecule is O=C(CCCC(F)(F)F)c1ccc(Cl)c(F)c1. The van der Waals surface area contributed by atoms with E-state index in [0.717, 1.165) is 6.07 Å². The Morgan fingerprint density at radius 3 is 2.47 bits per heavy atom. The van der Waals surface area contributed by atoms with Gasteiger partial charge in [-0.1, -0.05) is 11.6 Å². The normalized spacial score (nSPS) is 11.6. The van der Waals surface area contributed by atoms with Gasteiger partial charge in [-0.3, -0.25) is 4.79 Å². The molecule has 0 saturated heterocycles. The highest BCUT2D eigenvalue weighted by atomic mass is 35.5. The van der Waals surface area contributed by atoms with Crippen LogP contribution in [0.15, 0.2) is 18.2 Å². The highest BCUT2D eigenvalue weighted by molar-refractivity contribution is 6.30. The predicted octanol–water partition coefficient (Wildman–Crippen LogP) is 4.39. The van der Waals surface area contributed by atoms with Crippen LogP contribution in [0.1, 0.15) is 29.6 Å². The second-order valence-electron chi connectivity index (χ2n) is 3.52. The molecular formula is C11H9ClF4O. The molecule has 94 valence electrons. The van der Waals surface area contributed by atoms with Crippen LogP contribution in [0.3, 0.4) is 0 Å². The molecule has 0 fully saturated rings. The molecule has 1 rings (SSSR count). The van der Waals surface area contributed by atoms with E-state index in [2.05, 4.69) is 0 Å². The van der Waals surface area contributed by atoms with Gasteiger partial charge in [-0.15, -0.1) is 0 Å². The zero-order valence-electron chi connectivity index (χ0n) is 8.65. The van der Waals surface area contributed by atoms with E-state index < -0.39 is 24.2 Å². The highest BCUT2D eigenvalue weighted by Gasteiger charge is 2.26. The van der Waals surface area contributed by atoms with Gasteiger partial charge in [-0.05, 0) is 24.6 Å². The molecule has 0 bridgehead atoms. The topological polar surface area (TPSA) is 17.1 Å². The van der Waals surface area contributed by atoms with E-state index >= 15 is 0 Å². The lowest BCUT2D eigenvalue weighted by atomic mass is 10.1. The molecule has 0 atom stereocenters. The van der Waals surface area contributed by atoms with Gasteiger partial charge in [-0.2, -0.15) is 13.2 Å². The molecule has 1 aromatic rings. The van der Waals surface area contributed by atoms with E-state index in [1.807, 2.05) is 0 Å². The lowest BCUT2D eigenvalue weighted by molar-refractivity contribution is -0.135. The summed E-state index contributed by atoms with van der Waals surface area (Å²) in [4.78, 5) is 11.4. The Kier molecular flexibility index (Phi) is 4.51. The number of Topliss-reactive ketones (excluding diaryl/α,β-unsaturated/α-hetero) is 1. The third kappa shape index (κ3) is 4.73. The zero-order valence-corrected chi connectivity index (χ0v) is 9.41. The first-order chi connectivity index (χ1) is 7.79. The molecule has 0 spiro atoms. The first-order valence-electron chi connectivity index (χ1n) is 4.84. The van der Waals surface area contributed by atoms with E-state index in [1.54, 1.807) is 0 Å². The Labute approximate surface area is 100 Å². The van der Waals surface area contributed by atoms with Gasteiger partial charge in [0.15, 0.2) is 5.78 Å². The summed E-state index contributed by atoms with van der Waals surface area (Å²) >= 11 is 5.41. The first-order valence-corrected chi connectivity index (χ1v) is 5.22. The van der Waals surface area contributed by atoms with E-state index in [-0.39, 0.29) is 23.4 Å². The lowest BCUT2D eigenvalue weighted by Crippen LogP contribution is -2.08. The van der Waals surface area contributed by atoms with Crippen molar-refractivity contribution in [2.24, 2.45) is 0 Å². The molecule has 0 aliphatic carbocycles. The Balaban J connectivity index is 2.56. The summed E-state index contributed by atoms with van der Waals surface area (Å²) in [6, 6.07) is 3.42. The fraction of sp³-hybridized carbons (Fsp3) is 0.364. The summed E-state index contributed by atoms with van der Waals surface area (Å²) < 4.78 is 48.5. The van der Waals surface area contributed by atoms with E-state index in [1.165, 1.54) is 12.1 Å². The quantitative estimate of drug-likeness (QED) is 0.584. The average Bonchev–Trinajstić information content (AvgIpc) is 2.20. The minimum absolute atomic E-state index is 0.0362. The van der Waals surface area contributed by atoms with E-state index in [4.69, 9.17) is 11.6 Å². The smallest absolute Gasteiger partial charge is 0.294 e. The van der Waals surface area contributed by atoms with Gasteiger partial charge < -0.3 is 0 Å². The lowest BCUT2D eigenvalue weighted by Gasteiger charge is -2.05. The molecule has 0 N–H and O–H groups in total. The fourth-order valence-electron chi connectivity index (χ4n) is 1.26. The predicted molar refractivity (Wildman–Crippen MR) is 55.6 cm³/mol. The summed E-state index contributed by atoms with van der Waals surface area (Å²) in [6.07, 6.45) is -5.85. The van der Waals surface area contributed by atoms with Crippen molar-refractivity contribution in [3.8, 4) is 0 Å². The summed E-state index contributed by atoms with van der Waals surface area (Å²) in [5.41, 5.74) is 0.0362. The number of ketones is 1. The van der Waals surface area contributed by atoms with Crippen molar-refractivity contribution in [2.45, 2.75) is 25.4 Å². The molecule has 6 heteroatoms. The summed E-state index contributed by atoms with van der Waals surface area (Å²) in [5.74, 6) is -1.28. The molecule has 0 heterocycles. The molecule has 0 aromatic heterocycles. The maximum atomic E-state index is 13.0. The van der Waals surface area contributed by atoms with Gasteiger partial charge in [0.25, 0.3) is 0 Å². The second-order valence-corrected chi connectivity index (χ2v) is 3.93. The molecule has 0 unspecified atom stereocenters. The third-order valence-electron chi connectivity index (χ3n) is 2.11. The Morgan fingerprint density at radius 1 is 1.29 bits per heavy atom. The Hall–Kier alpha value is -1.10. The van der Waals surface area contributed by atoms with Crippen molar-refractivity contribution < 1.29 is 22.4 Å². The van der Waals surface area contributed by atoms with Gasteiger partial charge in [0.1, 0.15) is 5.82 Å². The molecule has 0 radical (unpaired) electrons. The molecule has 0 aliphatic heterocycles. The minimum atomic E-state index is -4.27. The monoisotopic (exact) mass is 268 g/mol. The van der Waals surface area contributed by atoms with Crippen LogP contribution in [0.4, 0.5) is 17.6 Å². The van der Waals surface area contributed by atoms with Crippen LogP contribution in [-0.4, -0.2) is 12.0 Å². The summed E-state index contributed by atoms with van der Waals surface area (Å²) in [5, 5.41) is -0.128. The number of hydrogen-bond donors (Lipinski definition) is 0. The van der Waals surface area contributed by atoms with Crippen molar-refractivity contribution in [2.75, 3.05) is 0 Å². The Bertz CT molecular complexity index is 414. The Morgan fingerprint density at radius 2 is 1.94 bits per heavy atom. The van der Waals surface area contributed by atoms with Gasteiger partial charge >= 0.3 is 6.18 Å². The fourth-order valence-corrected chi connectivity index (χ4v) is 1.38. The number of alkyl halides is 3. The molecule has 0 amide bonds. The minimum Gasteiger partial charge on any atom is -0.294 e. The van der Waals surface area contributed by atoms with Crippen molar-refractivity contribution in [1.82, 2.24) is 0 Å². The number of rotatable bonds is 4. The average molecular weight is 269 g/mol. The molecule has 1 nitrogen and oxygen atoms in total. The van der Waals surface area contributed by atoms with Crippen LogP contribution in [-0.2, 0) is 0 Å². The van der Waals surface area contributed by atoms with Crippen LogP contribution in [0.5, 0.6) is 0 Å². The third-order valence-corrected chi connectivity index (χ3v) is 2.41. The summed E-state index contributed by atoms with van der Waals surface area (Å²) in [7, 11) is 0. The zero-order chi connectivity index (χ0) is 13.1. The maximum Gasteiger partial charge on any atom is 0.389 e. The number of benzene rings is 1. The van der Waals surface area contributed by atoms with Gasteiger partial charge in [0.2, 0.25) is 0 Å². The standard InChI is InChI=1S/C11H9ClF4O/c12-8-4-3-7(6-9(8)13)10(17)2-1-5-11(14,15)16/h3-4,6H,1-2,5H2. The van der Waals surface area contributed by atoms with Gasteiger partial charge in [-0.25, -0.2) is 4.39 Å². The number of hydrogen-bond acceptors (Lipinski definition) is 1. The molecule has 0 saturated carbocycles. The molecule has 0 aliphatic rings. The number of halogens is 5. The maximum absolute atomic E-state index is 13.0. The van der Waals surface area contributed by atoms with Crippen molar-refractivity contribution in [3.05, 3.63) is 34.6 Å². The van der Waals surface area contributed by atoms with Gasteiger partial charge in [0.05, 0.1) is 5.02 Å². The van der Waals surface area contributed by atoms with Crippen LogP contribution in [0.25, 0.3) is 0 Å². The molecule has 17 heavy (non-hydrogen) atoms. The number of carbonyl (C=O) groups is 1. The van der Waals surface area contributed by atoms with Crippen molar-refractivity contribution >= 4 is 17.4 Å². The van der Waals surface area contributed by atoms with Gasteiger partial charge in [0, 0.05) is 18.4 Å². The first kappa shape index (κ1) is 14.0. The molecule has 1 aromatic carbocycles. The number of carbonyl (C=O) groups excluding carboxylic acids is 1. The largest absolute Gasteiger partial charge is 0.389 e. The highest BCUT2D eigenvalue weighted by Crippen LogP contribution is 2.23. The summed E-state index contributed by atoms with van der Waals surface area (Å²) in [6.45, 7) is 0. The van der Waals surface area contributed by atoms with Crippen LogP contribution >= 0.6 is 11.6 Å². The van der Waals surface area contributed by atoms with Crippen molar-refractivity contribution in [1.29, 1.82) is 0 Å². The van der Waals surface area contributed by atoms with Crippen LogP contribution < -0.4 is 0 Å². The van der Waals surface area contributed by atoms with Crippen molar-refractivity contribution in [3.63, 3.8) is 0 Å². The second kappa shape index (κ2) is 5.49. The van der Waals surface area contributed by atoms with Crippen LogP contribution in [0, 0.1) is 5.82 Å².